The summed E-state index contributed by atoms with van der Waals surface area (Å²) in [5.41, 5.74) is 2.92. The fraction of sp³-hybridized carbons (Fsp3) is 0.500. The Hall–Kier alpha value is -3.22. The van der Waals surface area contributed by atoms with Crippen LogP contribution in [0.15, 0.2) is 36.4 Å². The molecule has 186 valence electrons. The molecule has 1 fully saturated rings. The first-order chi connectivity index (χ1) is 17.1. The molecule has 5 rings (SSSR count). The third-order valence-corrected chi connectivity index (χ3v) is 7.60. The standard InChI is InChI=1S/C28H34N2O5/c1-33-20-15-23(34-2)26-24(16-20)35-17-25(31)30(22-14-8-10-18-9-6-7-13-21(18)22)27(26)28(32)29-19-11-4-3-5-12-19/h6-7,9,13,15-16,19,22,27H,3-5,8,10-12,14,17H2,1-2H3,(H,29,32). The fourth-order valence-electron chi connectivity index (χ4n) is 5.91. The molecule has 7 heteroatoms. The van der Waals surface area contributed by atoms with Gasteiger partial charge >= 0.3 is 0 Å². The summed E-state index contributed by atoms with van der Waals surface area (Å²) in [7, 11) is 3.14. The second-order valence-electron chi connectivity index (χ2n) is 9.68. The van der Waals surface area contributed by atoms with Gasteiger partial charge in [0.05, 0.1) is 25.8 Å². The number of hydrogen-bond donors (Lipinski definition) is 1. The molecule has 2 unspecified atom stereocenters. The van der Waals surface area contributed by atoms with E-state index in [0.29, 0.717) is 22.8 Å². The van der Waals surface area contributed by atoms with Gasteiger partial charge in [-0.25, -0.2) is 0 Å². The van der Waals surface area contributed by atoms with Gasteiger partial charge in [-0.15, -0.1) is 0 Å². The lowest BCUT2D eigenvalue weighted by molar-refractivity contribution is -0.145. The Morgan fingerprint density at radius 3 is 2.60 bits per heavy atom. The zero-order chi connectivity index (χ0) is 24.4. The van der Waals surface area contributed by atoms with Gasteiger partial charge in [0.15, 0.2) is 6.61 Å². The SMILES string of the molecule is COc1cc(OC)c2c(c1)OCC(=O)N(C1CCCc3ccccc31)C2C(=O)NC1CCCCC1. The van der Waals surface area contributed by atoms with E-state index in [1.807, 2.05) is 12.1 Å². The predicted molar refractivity (Wildman–Crippen MR) is 132 cm³/mol. The number of fused-ring (bicyclic) bond motifs is 2. The number of rotatable bonds is 5. The van der Waals surface area contributed by atoms with Crippen molar-refractivity contribution >= 4 is 11.8 Å². The molecular formula is C28H34N2O5. The number of nitrogens with zero attached hydrogens (tertiary/aromatic N) is 1. The van der Waals surface area contributed by atoms with Gasteiger partial charge < -0.3 is 24.4 Å². The first-order valence-electron chi connectivity index (χ1n) is 12.7. The van der Waals surface area contributed by atoms with E-state index >= 15 is 0 Å². The maximum atomic E-state index is 14.1. The number of methoxy groups -OCH3 is 2. The Morgan fingerprint density at radius 2 is 1.83 bits per heavy atom. The molecule has 2 aliphatic carbocycles. The highest BCUT2D eigenvalue weighted by Gasteiger charge is 2.44. The second kappa shape index (κ2) is 10.2. The summed E-state index contributed by atoms with van der Waals surface area (Å²) >= 11 is 0. The van der Waals surface area contributed by atoms with E-state index in [-0.39, 0.29) is 30.5 Å². The van der Waals surface area contributed by atoms with Crippen molar-refractivity contribution in [2.45, 2.75) is 69.5 Å². The number of amides is 2. The maximum Gasteiger partial charge on any atom is 0.261 e. The second-order valence-corrected chi connectivity index (χ2v) is 9.68. The highest BCUT2D eigenvalue weighted by molar-refractivity contribution is 5.92. The molecule has 1 N–H and O–H groups in total. The Bertz CT molecular complexity index is 1090. The summed E-state index contributed by atoms with van der Waals surface area (Å²) in [6.07, 6.45) is 8.05. The predicted octanol–water partition coefficient (Wildman–Crippen LogP) is 4.49. The summed E-state index contributed by atoms with van der Waals surface area (Å²) in [6.45, 7) is -0.144. The average molecular weight is 479 g/mol. The maximum absolute atomic E-state index is 14.1. The molecule has 2 amide bonds. The van der Waals surface area contributed by atoms with Gasteiger partial charge in [-0.1, -0.05) is 43.5 Å². The smallest absolute Gasteiger partial charge is 0.261 e. The van der Waals surface area contributed by atoms with Crippen LogP contribution in [0.4, 0.5) is 0 Å². The van der Waals surface area contributed by atoms with Crippen molar-refractivity contribution in [2.75, 3.05) is 20.8 Å². The van der Waals surface area contributed by atoms with Crippen molar-refractivity contribution in [3.8, 4) is 17.2 Å². The van der Waals surface area contributed by atoms with Crippen molar-refractivity contribution in [3.05, 3.63) is 53.1 Å². The number of benzene rings is 2. The minimum absolute atomic E-state index is 0.115. The largest absolute Gasteiger partial charge is 0.496 e. The monoisotopic (exact) mass is 478 g/mol. The third kappa shape index (κ3) is 4.56. The van der Waals surface area contributed by atoms with Crippen LogP contribution in [0, 0.1) is 0 Å². The van der Waals surface area contributed by atoms with Crippen LogP contribution < -0.4 is 19.5 Å². The van der Waals surface area contributed by atoms with Crippen molar-refractivity contribution in [1.29, 1.82) is 0 Å². The molecule has 2 aromatic carbocycles. The molecule has 1 aliphatic heterocycles. The van der Waals surface area contributed by atoms with E-state index in [1.165, 1.54) is 12.0 Å². The van der Waals surface area contributed by atoms with E-state index in [1.54, 1.807) is 31.3 Å². The first kappa shape index (κ1) is 23.5. The molecule has 2 aromatic rings. The van der Waals surface area contributed by atoms with Crippen molar-refractivity contribution in [2.24, 2.45) is 0 Å². The number of hydrogen-bond acceptors (Lipinski definition) is 5. The van der Waals surface area contributed by atoms with Gasteiger partial charge in [0, 0.05) is 18.2 Å². The molecular weight excluding hydrogens is 444 g/mol. The van der Waals surface area contributed by atoms with Crippen molar-refractivity contribution in [1.82, 2.24) is 10.2 Å². The van der Waals surface area contributed by atoms with Gasteiger partial charge in [0.1, 0.15) is 23.3 Å². The van der Waals surface area contributed by atoms with Gasteiger partial charge in [-0.2, -0.15) is 0 Å². The van der Waals surface area contributed by atoms with E-state index < -0.39 is 6.04 Å². The molecule has 7 nitrogen and oxygen atoms in total. The zero-order valence-corrected chi connectivity index (χ0v) is 20.5. The molecule has 3 aliphatic rings. The molecule has 0 aromatic heterocycles. The third-order valence-electron chi connectivity index (χ3n) is 7.60. The molecule has 1 heterocycles. The van der Waals surface area contributed by atoms with E-state index in [4.69, 9.17) is 14.2 Å². The van der Waals surface area contributed by atoms with Gasteiger partial charge in [0.25, 0.3) is 5.91 Å². The fourth-order valence-corrected chi connectivity index (χ4v) is 5.91. The number of aryl methyl sites for hydroxylation is 1. The first-order valence-corrected chi connectivity index (χ1v) is 12.7. The van der Waals surface area contributed by atoms with Crippen molar-refractivity contribution < 1.29 is 23.8 Å². The minimum atomic E-state index is -0.862. The molecule has 0 spiro atoms. The number of ether oxygens (including phenoxy) is 3. The number of carbonyl (C=O) groups is 2. The molecule has 1 saturated carbocycles. The summed E-state index contributed by atoms with van der Waals surface area (Å²) in [5.74, 6) is 1.10. The van der Waals surface area contributed by atoms with Crippen LogP contribution in [0.2, 0.25) is 0 Å². The van der Waals surface area contributed by atoms with Crippen LogP contribution in [0.5, 0.6) is 17.2 Å². The van der Waals surface area contributed by atoms with Gasteiger partial charge in [-0.3, -0.25) is 9.59 Å². The highest BCUT2D eigenvalue weighted by atomic mass is 16.5. The molecule has 0 radical (unpaired) electrons. The van der Waals surface area contributed by atoms with Crippen LogP contribution >= 0.6 is 0 Å². The quantitative estimate of drug-likeness (QED) is 0.685. The number of carbonyl (C=O) groups excluding carboxylic acids is 2. The summed E-state index contributed by atoms with van der Waals surface area (Å²) in [4.78, 5) is 29.5. The highest BCUT2D eigenvalue weighted by Crippen LogP contribution is 2.47. The van der Waals surface area contributed by atoms with Crippen LogP contribution in [0.25, 0.3) is 0 Å². The molecule has 0 saturated heterocycles. The zero-order valence-electron chi connectivity index (χ0n) is 20.5. The van der Waals surface area contributed by atoms with Gasteiger partial charge in [-0.05, 0) is 43.2 Å². The van der Waals surface area contributed by atoms with E-state index in [9.17, 15) is 9.59 Å². The lowest BCUT2D eigenvalue weighted by Crippen LogP contribution is -2.49. The van der Waals surface area contributed by atoms with E-state index in [2.05, 4.69) is 17.4 Å². The minimum Gasteiger partial charge on any atom is -0.496 e. The Balaban J connectivity index is 1.63. The van der Waals surface area contributed by atoms with Crippen LogP contribution in [-0.2, 0) is 16.0 Å². The van der Waals surface area contributed by atoms with Crippen molar-refractivity contribution in [3.63, 3.8) is 0 Å². The lowest BCUT2D eigenvalue weighted by atomic mass is 9.85. The normalized spacial score (nSPS) is 22.3. The van der Waals surface area contributed by atoms with Crippen LogP contribution in [0.3, 0.4) is 0 Å². The summed E-state index contributed by atoms with van der Waals surface area (Å²) in [6, 6.07) is 10.8. The average Bonchev–Trinajstić information content (AvgIpc) is 3.04. The number of nitrogens with one attached hydrogen (secondary N) is 1. The Labute approximate surface area is 206 Å². The van der Waals surface area contributed by atoms with Gasteiger partial charge in [0.2, 0.25) is 5.91 Å². The molecule has 35 heavy (non-hydrogen) atoms. The summed E-state index contributed by atoms with van der Waals surface area (Å²) < 4.78 is 17.2. The van der Waals surface area contributed by atoms with E-state index in [0.717, 1.165) is 50.5 Å². The van der Waals surface area contributed by atoms with Crippen LogP contribution in [0.1, 0.15) is 73.7 Å². The Morgan fingerprint density at radius 1 is 1.03 bits per heavy atom. The summed E-state index contributed by atoms with van der Waals surface area (Å²) in [5, 5.41) is 3.28. The lowest BCUT2D eigenvalue weighted by Gasteiger charge is -2.40. The Kier molecular flexibility index (Phi) is 6.84. The molecule has 0 bridgehead atoms. The molecule has 2 atom stereocenters. The van der Waals surface area contributed by atoms with Crippen LogP contribution in [-0.4, -0.2) is 43.6 Å². The topological polar surface area (TPSA) is 77.1 Å².